The number of anilines is 1. The zero-order chi connectivity index (χ0) is 13.2. The Kier molecular flexibility index (Phi) is 3.42. The van der Waals surface area contributed by atoms with Crippen LogP contribution in [0.15, 0.2) is 29.2 Å². The first-order valence-electron chi connectivity index (χ1n) is 5.66. The first kappa shape index (κ1) is 12.7. The number of sulfonamides is 1. The normalized spacial score (nSPS) is 15.7. The van der Waals surface area contributed by atoms with E-state index in [1.54, 1.807) is 16.9 Å². The fourth-order valence-electron chi connectivity index (χ4n) is 2.00. The van der Waals surface area contributed by atoms with E-state index < -0.39 is 16.1 Å². The summed E-state index contributed by atoms with van der Waals surface area (Å²) in [4.78, 5) is 12.8. The maximum atomic E-state index is 11.6. The Morgan fingerprint density at radius 3 is 2.22 bits per heavy atom. The third-order valence-corrected chi connectivity index (χ3v) is 4.22. The summed E-state index contributed by atoms with van der Waals surface area (Å²) >= 11 is 0. The molecule has 2 rings (SSSR count). The molecule has 0 aliphatic carbocycles. The maximum Gasteiger partial charge on any atom is 0.326 e. The molecule has 0 aromatic heterocycles. The van der Waals surface area contributed by atoms with Crippen LogP contribution in [0.3, 0.4) is 0 Å². The molecule has 1 aromatic rings. The van der Waals surface area contributed by atoms with Crippen LogP contribution in [-0.2, 0) is 10.0 Å². The van der Waals surface area contributed by atoms with Crippen LogP contribution < -0.4 is 15.4 Å². The SMILES string of the molecule is NC(=O)NS(=O)(=O)c1ccc(N2CCCC2)cc1. The molecular weight excluding hydrogens is 254 g/mol. The first-order valence-corrected chi connectivity index (χ1v) is 7.14. The van der Waals surface area contributed by atoms with E-state index in [2.05, 4.69) is 4.90 Å². The highest BCUT2D eigenvalue weighted by Crippen LogP contribution is 2.21. The molecular formula is C11H15N3O3S. The second kappa shape index (κ2) is 4.85. The van der Waals surface area contributed by atoms with Crippen molar-refractivity contribution in [3.05, 3.63) is 24.3 Å². The lowest BCUT2D eigenvalue weighted by atomic mass is 10.3. The topological polar surface area (TPSA) is 92.5 Å². The maximum absolute atomic E-state index is 11.6. The molecule has 1 aliphatic heterocycles. The molecule has 0 unspecified atom stereocenters. The fraction of sp³-hybridized carbons (Fsp3) is 0.364. The van der Waals surface area contributed by atoms with Crippen molar-refractivity contribution in [2.24, 2.45) is 5.73 Å². The second-order valence-electron chi connectivity index (χ2n) is 4.16. The third kappa shape index (κ3) is 2.73. The molecule has 0 atom stereocenters. The molecule has 7 heteroatoms. The quantitative estimate of drug-likeness (QED) is 0.842. The second-order valence-corrected chi connectivity index (χ2v) is 5.84. The van der Waals surface area contributed by atoms with Crippen molar-refractivity contribution in [3.8, 4) is 0 Å². The van der Waals surface area contributed by atoms with Crippen molar-refractivity contribution in [2.75, 3.05) is 18.0 Å². The van der Waals surface area contributed by atoms with E-state index in [1.165, 1.54) is 12.1 Å². The Hall–Kier alpha value is -1.76. The van der Waals surface area contributed by atoms with Crippen LogP contribution in [-0.4, -0.2) is 27.5 Å². The minimum absolute atomic E-state index is 0.0317. The van der Waals surface area contributed by atoms with Crippen molar-refractivity contribution in [2.45, 2.75) is 17.7 Å². The van der Waals surface area contributed by atoms with Gasteiger partial charge >= 0.3 is 6.03 Å². The van der Waals surface area contributed by atoms with Gasteiger partial charge in [0, 0.05) is 18.8 Å². The summed E-state index contributed by atoms with van der Waals surface area (Å²) in [6.07, 6.45) is 2.31. The zero-order valence-electron chi connectivity index (χ0n) is 9.80. The van der Waals surface area contributed by atoms with Gasteiger partial charge in [-0.1, -0.05) is 0 Å². The molecule has 1 aliphatic rings. The largest absolute Gasteiger partial charge is 0.372 e. The summed E-state index contributed by atoms with van der Waals surface area (Å²) in [5, 5.41) is 0. The molecule has 1 aromatic carbocycles. The van der Waals surface area contributed by atoms with Crippen LogP contribution in [0.2, 0.25) is 0 Å². The number of rotatable bonds is 3. The Labute approximate surface area is 106 Å². The Balaban J connectivity index is 2.19. The number of carbonyl (C=O) groups excluding carboxylic acids is 1. The van der Waals surface area contributed by atoms with E-state index in [-0.39, 0.29) is 4.90 Å². The highest BCUT2D eigenvalue weighted by molar-refractivity contribution is 7.90. The molecule has 98 valence electrons. The van der Waals surface area contributed by atoms with Crippen molar-refractivity contribution >= 4 is 21.7 Å². The number of nitrogens with one attached hydrogen (secondary N) is 1. The van der Waals surface area contributed by atoms with Gasteiger partial charge in [-0.15, -0.1) is 0 Å². The fourth-order valence-corrected chi connectivity index (χ4v) is 2.88. The Morgan fingerprint density at radius 2 is 1.72 bits per heavy atom. The number of amides is 2. The molecule has 3 N–H and O–H groups in total. The summed E-state index contributed by atoms with van der Waals surface area (Å²) in [5.41, 5.74) is 5.80. The Morgan fingerprint density at radius 1 is 1.17 bits per heavy atom. The molecule has 1 heterocycles. The van der Waals surface area contributed by atoms with Crippen LogP contribution in [0.25, 0.3) is 0 Å². The first-order chi connectivity index (χ1) is 8.49. The van der Waals surface area contributed by atoms with Crippen molar-refractivity contribution in [3.63, 3.8) is 0 Å². The molecule has 0 spiro atoms. The summed E-state index contributed by atoms with van der Waals surface area (Å²) in [5.74, 6) is 0. The van der Waals surface area contributed by atoms with Gasteiger partial charge in [0.05, 0.1) is 4.90 Å². The zero-order valence-corrected chi connectivity index (χ0v) is 10.6. The van der Waals surface area contributed by atoms with Gasteiger partial charge in [0.15, 0.2) is 0 Å². The summed E-state index contributed by atoms with van der Waals surface area (Å²) in [7, 11) is -3.84. The van der Waals surface area contributed by atoms with E-state index in [4.69, 9.17) is 5.73 Å². The number of urea groups is 1. The molecule has 2 amide bonds. The van der Waals surface area contributed by atoms with Gasteiger partial charge in [-0.25, -0.2) is 17.9 Å². The minimum Gasteiger partial charge on any atom is -0.372 e. The van der Waals surface area contributed by atoms with Crippen molar-refractivity contribution in [1.29, 1.82) is 0 Å². The number of nitrogens with two attached hydrogens (primary N) is 1. The van der Waals surface area contributed by atoms with Crippen molar-refractivity contribution in [1.82, 2.24) is 4.72 Å². The number of nitrogens with zero attached hydrogens (tertiary/aromatic N) is 1. The van der Waals surface area contributed by atoms with Crippen LogP contribution in [0.4, 0.5) is 10.5 Å². The molecule has 1 fully saturated rings. The van der Waals surface area contributed by atoms with Crippen LogP contribution in [0.5, 0.6) is 0 Å². The van der Waals surface area contributed by atoms with Crippen LogP contribution >= 0.6 is 0 Å². The highest BCUT2D eigenvalue weighted by Gasteiger charge is 2.17. The average molecular weight is 269 g/mol. The number of hydrogen-bond donors (Lipinski definition) is 2. The van der Waals surface area contributed by atoms with Crippen molar-refractivity contribution < 1.29 is 13.2 Å². The molecule has 6 nitrogen and oxygen atoms in total. The number of benzene rings is 1. The van der Waals surface area contributed by atoms with E-state index in [9.17, 15) is 13.2 Å². The number of primary amides is 1. The van der Waals surface area contributed by atoms with Gasteiger partial charge in [0.2, 0.25) is 0 Å². The van der Waals surface area contributed by atoms with E-state index in [0.717, 1.165) is 31.6 Å². The standard InChI is InChI=1S/C11H15N3O3S/c12-11(15)13-18(16,17)10-5-3-9(4-6-10)14-7-1-2-8-14/h3-6H,1-2,7-8H2,(H3,12,13,15). The summed E-state index contributed by atoms with van der Waals surface area (Å²) in [6.45, 7) is 1.98. The molecule has 0 saturated carbocycles. The highest BCUT2D eigenvalue weighted by atomic mass is 32.2. The lowest BCUT2D eigenvalue weighted by Crippen LogP contribution is -2.34. The van der Waals surface area contributed by atoms with E-state index in [0.29, 0.717) is 0 Å². The summed E-state index contributed by atoms with van der Waals surface area (Å²) in [6, 6.07) is 5.33. The summed E-state index contributed by atoms with van der Waals surface area (Å²) < 4.78 is 25.0. The minimum atomic E-state index is -3.84. The van der Waals surface area contributed by atoms with Crippen LogP contribution in [0.1, 0.15) is 12.8 Å². The van der Waals surface area contributed by atoms with E-state index in [1.807, 2.05) is 0 Å². The molecule has 0 bridgehead atoms. The van der Waals surface area contributed by atoms with E-state index >= 15 is 0 Å². The van der Waals surface area contributed by atoms with Crippen LogP contribution in [0, 0.1) is 0 Å². The lowest BCUT2D eigenvalue weighted by Gasteiger charge is -2.17. The number of hydrogen-bond acceptors (Lipinski definition) is 4. The monoisotopic (exact) mass is 269 g/mol. The lowest BCUT2D eigenvalue weighted by molar-refractivity contribution is 0.253. The van der Waals surface area contributed by atoms with Gasteiger partial charge < -0.3 is 10.6 Å². The molecule has 1 saturated heterocycles. The van der Waals surface area contributed by atoms with Gasteiger partial charge in [0.1, 0.15) is 0 Å². The van der Waals surface area contributed by atoms with Gasteiger partial charge in [-0.2, -0.15) is 0 Å². The average Bonchev–Trinajstić information content (AvgIpc) is 2.81. The smallest absolute Gasteiger partial charge is 0.326 e. The Bertz CT molecular complexity index is 533. The van der Waals surface area contributed by atoms with Gasteiger partial charge in [0.25, 0.3) is 10.0 Å². The predicted molar refractivity (Wildman–Crippen MR) is 67.8 cm³/mol. The predicted octanol–water partition coefficient (Wildman–Crippen LogP) is 0.644. The van der Waals surface area contributed by atoms with Gasteiger partial charge in [-0.05, 0) is 37.1 Å². The number of carbonyl (C=O) groups is 1. The molecule has 18 heavy (non-hydrogen) atoms. The third-order valence-electron chi connectivity index (χ3n) is 2.85. The van der Waals surface area contributed by atoms with Gasteiger partial charge in [-0.3, -0.25) is 0 Å². The molecule has 0 radical (unpaired) electrons.